The Hall–Kier alpha value is -1.56. The molecule has 2 heterocycles. The summed E-state index contributed by atoms with van der Waals surface area (Å²) in [5, 5.41) is 4.99. The summed E-state index contributed by atoms with van der Waals surface area (Å²) in [4.78, 5) is 16.1. The highest BCUT2D eigenvalue weighted by Crippen LogP contribution is 2.23. The lowest BCUT2D eigenvalue weighted by atomic mass is 10.3. The van der Waals surface area contributed by atoms with Gasteiger partial charge in [0, 0.05) is 11.9 Å². The number of thioether (sulfide) groups is 1. The lowest BCUT2D eigenvalue weighted by molar-refractivity contribution is 0.0524. The van der Waals surface area contributed by atoms with Crippen molar-refractivity contribution < 1.29 is 9.53 Å². The van der Waals surface area contributed by atoms with Crippen molar-refractivity contribution in [2.75, 3.05) is 12.9 Å². The van der Waals surface area contributed by atoms with E-state index in [2.05, 4.69) is 10.1 Å². The number of fused-ring (bicyclic) bond motifs is 1. The fourth-order valence-electron chi connectivity index (χ4n) is 1.57. The Bertz CT molecular complexity index is 565. The highest BCUT2D eigenvalue weighted by Gasteiger charge is 2.21. The van der Waals surface area contributed by atoms with Gasteiger partial charge in [-0.2, -0.15) is 5.10 Å². The fourth-order valence-corrected chi connectivity index (χ4v) is 2.11. The van der Waals surface area contributed by atoms with E-state index in [1.165, 1.54) is 11.8 Å². The number of carbonyl (C=O) groups is 1. The summed E-state index contributed by atoms with van der Waals surface area (Å²) in [5.74, 6) is -0.370. The Morgan fingerprint density at radius 1 is 1.59 bits per heavy atom. The quantitative estimate of drug-likeness (QED) is 0.616. The summed E-state index contributed by atoms with van der Waals surface area (Å²) in [6.45, 7) is 4.04. The van der Waals surface area contributed by atoms with E-state index in [9.17, 15) is 4.79 Å². The van der Waals surface area contributed by atoms with Gasteiger partial charge in [-0.1, -0.05) is 0 Å². The molecule has 0 bridgehead atoms. The molecule has 2 rings (SSSR count). The molecule has 0 radical (unpaired) electrons. The summed E-state index contributed by atoms with van der Waals surface area (Å²) < 4.78 is 6.70. The highest BCUT2D eigenvalue weighted by molar-refractivity contribution is 7.98. The Labute approximate surface area is 103 Å². The van der Waals surface area contributed by atoms with E-state index in [-0.39, 0.29) is 5.97 Å². The van der Waals surface area contributed by atoms with Gasteiger partial charge in [-0.3, -0.25) is 0 Å². The summed E-state index contributed by atoms with van der Waals surface area (Å²) >= 11 is 1.41. The number of esters is 1. The van der Waals surface area contributed by atoms with E-state index in [1.54, 1.807) is 17.6 Å². The van der Waals surface area contributed by atoms with Crippen molar-refractivity contribution >= 4 is 23.4 Å². The number of rotatable bonds is 3. The zero-order valence-electron chi connectivity index (χ0n) is 9.93. The van der Waals surface area contributed by atoms with Gasteiger partial charge in [0.2, 0.25) is 0 Å². The van der Waals surface area contributed by atoms with Gasteiger partial charge in [-0.05, 0) is 26.2 Å². The van der Waals surface area contributed by atoms with E-state index < -0.39 is 0 Å². The molecule has 0 fully saturated rings. The van der Waals surface area contributed by atoms with Crippen LogP contribution in [-0.4, -0.2) is 33.4 Å². The maximum absolute atomic E-state index is 11.9. The number of aromatic nitrogens is 3. The molecule has 0 aliphatic rings. The second-order valence-electron chi connectivity index (χ2n) is 3.43. The molecule has 6 heteroatoms. The molecule has 0 N–H and O–H groups in total. The number of ether oxygens (including phenoxy) is 1. The number of nitrogens with zero attached hydrogens (tertiary/aromatic N) is 3. The SMILES string of the molecule is CCOC(=O)c1c(SC)nn2c(C)ccnc12. The van der Waals surface area contributed by atoms with Gasteiger partial charge in [-0.15, -0.1) is 11.8 Å². The largest absolute Gasteiger partial charge is 0.462 e. The molecule has 0 spiro atoms. The monoisotopic (exact) mass is 251 g/mol. The first kappa shape index (κ1) is 11.9. The van der Waals surface area contributed by atoms with E-state index in [0.717, 1.165) is 5.69 Å². The first-order chi connectivity index (χ1) is 8.19. The minimum absolute atomic E-state index is 0.343. The molecule has 0 unspecified atom stereocenters. The molecule has 2 aromatic rings. The number of hydrogen-bond donors (Lipinski definition) is 0. The summed E-state index contributed by atoms with van der Waals surface area (Å²) in [7, 11) is 0. The van der Waals surface area contributed by atoms with Crippen LogP contribution in [0.5, 0.6) is 0 Å². The number of carbonyl (C=O) groups excluding carboxylic acids is 1. The second-order valence-corrected chi connectivity index (χ2v) is 4.22. The molecule has 2 aromatic heterocycles. The fraction of sp³-hybridized carbons (Fsp3) is 0.364. The van der Waals surface area contributed by atoms with Gasteiger partial charge in [0.1, 0.15) is 10.6 Å². The van der Waals surface area contributed by atoms with Crippen LogP contribution in [0.25, 0.3) is 5.65 Å². The molecule has 0 aliphatic carbocycles. The summed E-state index contributed by atoms with van der Waals surface area (Å²) in [6, 6.07) is 1.85. The maximum Gasteiger partial charge on any atom is 0.344 e. The lowest BCUT2D eigenvalue weighted by Gasteiger charge is -2.00. The van der Waals surface area contributed by atoms with Crippen LogP contribution in [0.1, 0.15) is 23.0 Å². The molecule has 0 aliphatic heterocycles. The first-order valence-electron chi connectivity index (χ1n) is 5.24. The second kappa shape index (κ2) is 4.75. The van der Waals surface area contributed by atoms with Crippen LogP contribution in [0.15, 0.2) is 17.3 Å². The Morgan fingerprint density at radius 3 is 3.00 bits per heavy atom. The summed E-state index contributed by atoms with van der Waals surface area (Å²) in [6.07, 6.45) is 3.54. The topological polar surface area (TPSA) is 56.5 Å². The third-order valence-electron chi connectivity index (χ3n) is 2.35. The Kier molecular flexibility index (Phi) is 3.33. The molecule has 0 atom stereocenters. The molecule has 0 amide bonds. The van der Waals surface area contributed by atoms with Gasteiger partial charge < -0.3 is 4.74 Å². The zero-order valence-corrected chi connectivity index (χ0v) is 10.7. The number of hydrogen-bond acceptors (Lipinski definition) is 5. The van der Waals surface area contributed by atoms with Crippen LogP contribution in [0.3, 0.4) is 0 Å². The molecular weight excluding hydrogens is 238 g/mol. The van der Waals surface area contributed by atoms with Gasteiger partial charge in [0.15, 0.2) is 5.65 Å². The van der Waals surface area contributed by atoms with Crippen LogP contribution in [-0.2, 0) is 4.74 Å². The molecule has 5 nitrogen and oxygen atoms in total. The lowest BCUT2D eigenvalue weighted by Crippen LogP contribution is -2.06. The third-order valence-corrected chi connectivity index (χ3v) is 3.02. The van der Waals surface area contributed by atoms with E-state index in [4.69, 9.17) is 4.74 Å². The molecule has 0 saturated heterocycles. The van der Waals surface area contributed by atoms with Gasteiger partial charge in [-0.25, -0.2) is 14.3 Å². The van der Waals surface area contributed by atoms with Gasteiger partial charge in [0.05, 0.1) is 6.61 Å². The van der Waals surface area contributed by atoms with E-state index in [0.29, 0.717) is 22.8 Å². The van der Waals surface area contributed by atoms with Crippen molar-refractivity contribution in [1.29, 1.82) is 0 Å². The highest BCUT2D eigenvalue weighted by atomic mass is 32.2. The molecular formula is C11H13N3O2S. The summed E-state index contributed by atoms with van der Waals surface area (Å²) in [5.41, 5.74) is 1.93. The van der Waals surface area contributed by atoms with E-state index in [1.807, 2.05) is 19.2 Å². The predicted molar refractivity (Wildman–Crippen MR) is 65.5 cm³/mol. The van der Waals surface area contributed by atoms with Crippen LogP contribution < -0.4 is 0 Å². The number of aryl methyl sites for hydroxylation is 1. The van der Waals surface area contributed by atoms with Crippen LogP contribution in [0.2, 0.25) is 0 Å². The molecule has 90 valence electrons. The van der Waals surface area contributed by atoms with Crippen molar-refractivity contribution in [3.05, 3.63) is 23.5 Å². The van der Waals surface area contributed by atoms with Gasteiger partial charge >= 0.3 is 5.97 Å². The minimum atomic E-state index is -0.370. The van der Waals surface area contributed by atoms with Crippen LogP contribution >= 0.6 is 11.8 Å². The zero-order chi connectivity index (χ0) is 12.4. The third kappa shape index (κ3) is 2.00. The van der Waals surface area contributed by atoms with Crippen molar-refractivity contribution in [2.45, 2.75) is 18.9 Å². The Morgan fingerprint density at radius 2 is 2.35 bits per heavy atom. The predicted octanol–water partition coefficient (Wildman–Crippen LogP) is 1.94. The average Bonchev–Trinajstić information content (AvgIpc) is 2.69. The maximum atomic E-state index is 11.9. The van der Waals surface area contributed by atoms with Crippen molar-refractivity contribution in [3.8, 4) is 0 Å². The minimum Gasteiger partial charge on any atom is -0.462 e. The van der Waals surface area contributed by atoms with Crippen molar-refractivity contribution in [1.82, 2.24) is 14.6 Å². The normalized spacial score (nSPS) is 10.8. The Balaban J connectivity index is 2.67. The average molecular weight is 251 g/mol. The molecule has 0 saturated carbocycles. The molecule has 0 aromatic carbocycles. The van der Waals surface area contributed by atoms with Gasteiger partial charge in [0.25, 0.3) is 0 Å². The van der Waals surface area contributed by atoms with Crippen LogP contribution in [0.4, 0.5) is 0 Å². The first-order valence-corrected chi connectivity index (χ1v) is 6.47. The van der Waals surface area contributed by atoms with Crippen molar-refractivity contribution in [2.24, 2.45) is 0 Å². The van der Waals surface area contributed by atoms with Crippen LogP contribution in [0, 0.1) is 6.92 Å². The van der Waals surface area contributed by atoms with E-state index >= 15 is 0 Å². The standard InChI is InChI=1S/C11H13N3O2S/c1-4-16-11(15)8-9-12-6-5-7(2)14(9)13-10(8)17-3/h5-6H,4H2,1-3H3. The van der Waals surface area contributed by atoms with Crippen molar-refractivity contribution in [3.63, 3.8) is 0 Å². The smallest absolute Gasteiger partial charge is 0.344 e. The molecule has 17 heavy (non-hydrogen) atoms.